The lowest BCUT2D eigenvalue weighted by Gasteiger charge is -2.17. The molecular formula is C21H22ClNO5. The molecule has 0 saturated heterocycles. The van der Waals surface area contributed by atoms with E-state index in [1.807, 2.05) is 49.4 Å². The molecule has 0 bridgehead atoms. The lowest BCUT2D eigenvalue weighted by atomic mass is 9.98. The number of carboxylic acid groups (broad SMARTS) is 2. The molecule has 0 aliphatic rings. The molecule has 3 N–H and O–H groups in total. The third kappa shape index (κ3) is 6.70. The molecule has 0 fully saturated rings. The van der Waals surface area contributed by atoms with Crippen LogP contribution in [0.15, 0.2) is 42.5 Å². The Morgan fingerprint density at radius 3 is 2.29 bits per heavy atom. The van der Waals surface area contributed by atoms with Gasteiger partial charge in [0.2, 0.25) is 5.91 Å². The lowest BCUT2D eigenvalue weighted by molar-refractivity contribution is -0.140. The summed E-state index contributed by atoms with van der Waals surface area (Å²) < 4.78 is 0. The van der Waals surface area contributed by atoms with Gasteiger partial charge in [-0.05, 0) is 36.6 Å². The Hall–Kier alpha value is -2.86. The highest BCUT2D eigenvalue weighted by molar-refractivity contribution is 6.33. The number of amides is 1. The Morgan fingerprint density at radius 1 is 1.00 bits per heavy atom. The van der Waals surface area contributed by atoms with Gasteiger partial charge in [-0.15, -0.1) is 0 Å². The van der Waals surface area contributed by atoms with Gasteiger partial charge in [0.05, 0.1) is 12.8 Å². The van der Waals surface area contributed by atoms with Gasteiger partial charge >= 0.3 is 11.9 Å². The number of aliphatic carboxylic acids is 2. The van der Waals surface area contributed by atoms with E-state index in [2.05, 4.69) is 5.32 Å². The monoisotopic (exact) mass is 403 g/mol. The summed E-state index contributed by atoms with van der Waals surface area (Å²) in [5, 5.41) is 21.0. The van der Waals surface area contributed by atoms with Gasteiger partial charge in [0.15, 0.2) is 0 Å². The molecule has 1 atom stereocenters. The second-order valence-electron chi connectivity index (χ2n) is 6.64. The van der Waals surface area contributed by atoms with E-state index in [4.69, 9.17) is 21.8 Å². The highest BCUT2D eigenvalue weighted by Crippen LogP contribution is 2.29. The summed E-state index contributed by atoms with van der Waals surface area (Å²) in [6.07, 6.45) is -0.398. The molecule has 0 aliphatic carbocycles. The third-order valence-corrected chi connectivity index (χ3v) is 4.55. The van der Waals surface area contributed by atoms with E-state index in [1.54, 1.807) is 0 Å². The predicted octanol–water partition coefficient (Wildman–Crippen LogP) is 3.68. The summed E-state index contributed by atoms with van der Waals surface area (Å²) in [7, 11) is 0. The van der Waals surface area contributed by atoms with Crippen LogP contribution in [0.3, 0.4) is 0 Å². The van der Waals surface area contributed by atoms with Crippen molar-refractivity contribution in [3.8, 4) is 11.1 Å². The first-order chi connectivity index (χ1) is 13.2. The fraction of sp³-hybridized carbons (Fsp3) is 0.286. The van der Waals surface area contributed by atoms with Crippen LogP contribution in [0.25, 0.3) is 11.1 Å². The van der Waals surface area contributed by atoms with Gasteiger partial charge in [-0.3, -0.25) is 14.4 Å². The molecule has 1 amide bonds. The minimum atomic E-state index is -1.07. The zero-order chi connectivity index (χ0) is 20.7. The standard InChI is InChI=1S/C21H22ClNO5/c1-13-2-7-18(22)17(10-13)15-5-3-14(4-6-15)11-16(12-21(27)28)23-19(24)8-9-20(25)26/h2-7,10,16H,8-9,11-12H2,1H3,(H,23,24)(H,25,26)(H,27,28)/t16-/m1/s1. The number of carboxylic acids is 2. The molecule has 0 aromatic heterocycles. The smallest absolute Gasteiger partial charge is 0.305 e. The number of hydrogen-bond donors (Lipinski definition) is 3. The first-order valence-corrected chi connectivity index (χ1v) is 9.21. The maximum absolute atomic E-state index is 11.9. The van der Waals surface area contributed by atoms with Crippen molar-refractivity contribution in [2.75, 3.05) is 0 Å². The average molecular weight is 404 g/mol. The highest BCUT2D eigenvalue weighted by atomic mass is 35.5. The van der Waals surface area contributed by atoms with Crippen LogP contribution in [0.2, 0.25) is 5.02 Å². The zero-order valence-electron chi connectivity index (χ0n) is 15.4. The topological polar surface area (TPSA) is 104 Å². The van der Waals surface area contributed by atoms with Crippen molar-refractivity contribution >= 4 is 29.4 Å². The van der Waals surface area contributed by atoms with Crippen molar-refractivity contribution in [2.45, 2.75) is 38.6 Å². The number of halogens is 1. The molecule has 0 spiro atoms. The van der Waals surface area contributed by atoms with Crippen LogP contribution in [-0.2, 0) is 20.8 Å². The van der Waals surface area contributed by atoms with Crippen LogP contribution in [0, 0.1) is 6.92 Å². The van der Waals surface area contributed by atoms with Crippen LogP contribution in [0.5, 0.6) is 0 Å². The van der Waals surface area contributed by atoms with Gasteiger partial charge in [0.1, 0.15) is 0 Å². The quantitative estimate of drug-likeness (QED) is 0.592. The largest absolute Gasteiger partial charge is 0.481 e. The summed E-state index contributed by atoms with van der Waals surface area (Å²) in [5.74, 6) is -2.58. The molecule has 0 saturated carbocycles. The molecular weight excluding hydrogens is 382 g/mol. The molecule has 7 heteroatoms. The Balaban J connectivity index is 2.09. The van der Waals surface area contributed by atoms with Crippen LogP contribution in [0.1, 0.15) is 30.4 Å². The van der Waals surface area contributed by atoms with Crippen LogP contribution >= 0.6 is 11.6 Å². The van der Waals surface area contributed by atoms with E-state index in [9.17, 15) is 14.4 Å². The number of benzene rings is 2. The first-order valence-electron chi connectivity index (χ1n) is 8.83. The van der Waals surface area contributed by atoms with E-state index in [-0.39, 0.29) is 19.3 Å². The molecule has 0 unspecified atom stereocenters. The predicted molar refractivity (Wildman–Crippen MR) is 106 cm³/mol. The summed E-state index contributed by atoms with van der Waals surface area (Å²) >= 11 is 6.27. The highest BCUT2D eigenvalue weighted by Gasteiger charge is 2.17. The minimum absolute atomic E-state index is 0.184. The molecule has 2 rings (SSSR count). The molecule has 0 radical (unpaired) electrons. The molecule has 2 aromatic rings. The van der Waals surface area contributed by atoms with Crippen molar-refractivity contribution in [1.29, 1.82) is 0 Å². The SMILES string of the molecule is Cc1ccc(Cl)c(-c2ccc(C[C@H](CC(=O)O)NC(=O)CCC(=O)O)cc2)c1. The summed E-state index contributed by atoms with van der Waals surface area (Å²) in [6.45, 7) is 1.98. The van der Waals surface area contributed by atoms with Gasteiger partial charge in [0, 0.05) is 23.0 Å². The zero-order valence-corrected chi connectivity index (χ0v) is 16.2. The van der Waals surface area contributed by atoms with E-state index < -0.39 is 23.9 Å². The minimum Gasteiger partial charge on any atom is -0.481 e. The van der Waals surface area contributed by atoms with Crippen LogP contribution in [0.4, 0.5) is 0 Å². The second-order valence-corrected chi connectivity index (χ2v) is 7.05. The summed E-state index contributed by atoms with van der Waals surface area (Å²) in [6, 6.07) is 12.7. The van der Waals surface area contributed by atoms with Gasteiger partial charge in [-0.1, -0.05) is 47.5 Å². The average Bonchev–Trinajstić information content (AvgIpc) is 2.62. The Kier molecular flexibility index (Phi) is 7.58. The van der Waals surface area contributed by atoms with Crippen molar-refractivity contribution in [2.24, 2.45) is 0 Å². The Bertz CT molecular complexity index is 864. The van der Waals surface area contributed by atoms with Gasteiger partial charge in [0.25, 0.3) is 0 Å². The van der Waals surface area contributed by atoms with Crippen molar-refractivity contribution in [3.05, 3.63) is 58.6 Å². The lowest BCUT2D eigenvalue weighted by Crippen LogP contribution is -2.38. The van der Waals surface area contributed by atoms with Crippen LogP contribution < -0.4 is 5.32 Å². The number of hydrogen-bond acceptors (Lipinski definition) is 3. The number of carbonyl (C=O) groups excluding carboxylic acids is 1. The Labute approximate surface area is 168 Å². The molecule has 0 heterocycles. The van der Waals surface area contributed by atoms with Crippen LogP contribution in [-0.4, -0.2) is 34.1 Å². The number of aryl methyl sites for hydroxylation is 1. The fourth-order valence-corrected chi connectivity index (χ4v) is 3.10. The maximum atomic E-state index is 11.9. The fourth-order valence-electron chi connectivity index (χ4n) is 2.87. The van der Waals surface area contributed by atoms with Gasteiger partial charge < -0.3 is 15.5 Å². The van der Waals surface area contributed by atoms with E-state index in [1.165, 1.54) is 0 Å². The molecule has 2 aromatic carbocycles. The maximum Gasteiger partial charge on any atom is 0.305 e. The van der Waals surface area contributed by atoms with E-state index in [0.29, 0.717) is 11.4 Å². The normalized spacial score (nSPS) is 11.6. The second kappa shape index (κ2) is 9.90. The van der Waals surface area contributed by atoms with Crippen molar-refractivity contribution in [3.63, 3.8) is 0 Å². The van der Waals surface area contributed by atoms with Crippen molar-refractivity contribution in [1.82, 2.24) is 5.32 Å². The molecule has 6 nitrogen and oxygen atoms in total. The molecule has 0 aliphatic heterocycles. The molecule has 28 heavy (non-hydrogen) atoms. The molecule has 148 valence electrons. The van der Waals surface area contributed by atoms with E-state index in [0.717, 1.165) is 22.3 Å². The number of nitrogens with one attached hydrogen (secondary N) is 1. The summed E-state index contributed by atoms with van der Waals surface area (Å²) in [4.78, 5) is 33.5. The number of carbonyl (C=O) groups is 3. The first kappa shape index (κ1) is 21.4. The summed E-state index contributed by atoms with van der Waals surface area (Å²) in [5.41, 5.74) is 3.81. The van der Waals surface area contributed by atoms with E-state index >= 15 is 0 Å². The van der Waals surface area contributed by atoms with Gasteiger partial charge in [-0.25, -0.2) is 0 Å². The number of rotatable bonds is 9. The van der Waals surface area contributed by atoms with Gasteiger partial charge in [-0.2, -0.15) is 0 Å². The van der Waals surface area contributed by atoms with Crippen molar-refractivity contribution < 1.29 is 24.6 Å². The third-order valence-electron chi connectivity index (χ3n) is 4.22. The Morgan fingerprint density at radius 2 is 1.68 bits per heavy atom.